The van der Waals surface area contributed by atoms with Crippen LogP contribution in [0.5, 0.6) is 0 Å². The highest BCUT2D eigenvalue weighted by Crippen LogP contribution is 1.83. The summed E-state index contributed by atoms with van der Waals surface area (Å²) in [5.74, 6) is 0. The predicted molar refractivity (Wildman–Crippen MR) is 19.5 cm³/mol. The summed E-state index contributed by atoms with van der Waals surface area (Å²) in [7, 11) is 0. The van der Waals surface area contributed by atoms with Crippen LogP contribution >= 0.6 is 0 Å². The second-order valence-electron chi connectivity index (χ2n) is 1.03. The Balaban J connectivity index is 2.63. The summed E-state index contributed by atoms with van der Waals surface area (Å²) >= 11 is 0. The highest BCUT2D eigenvalue weighted by atomic mass is 19.4. The Morgan fingerprint density at radius 3 is 2.00 bits per heavy atom. The lowest BCUT2D eigenvalue weighted by Gasteiger charge is -1.74. The molecule has 0 aliphatic heterocycles. The molecule has 0 bridgehead atoms. The molecular formula is C3H7F2N+. The van der Waals surface area contributed by atoms with Crippen molar-refractivity contribution in [1.29, 1.82) is 0 Å². The molecule has 0 fully saturated rings. The second-order valence-corrected chi connectivity index (χ2v) is 1.03. The predicted octanol–water partition coefficient (Wildman–Crippen LogP) is 1.31. The molecule has 0 saturated carbocycles. The molecule has 0 saturated heterocycles. The maximum absolute atomic E-state index is 10.9. The summed E-state index contributed by atoms with van der Waals surface area (Å²) in [5.41, 5.74) is 0. The summed E-state index contributed by atoms with van der Waals surface area (Å²) in [6.45, 7) is 1.58. The monoisotopic (exact) mass is 95.1 g/mol. The first kappa shape index (κ1) is 5.82. The van der Waals surface area contributed by atoms with Crippen LogP contribution in [-0.2, 0) is 0 Å². The van der Waals surface area contributed by atoms with Crippen molar-refractivity contribution in [3.63, 3.8) is 0 Å². The fourth-order valence-corrected chi connectivity index (χ4v) is 0.169. The molecule has 0 aromatic carbocycles. The zero-order valence-electron chi connectivity index (χ0n) is 3.62. The highest BCUT2D eigenvalue weighted by molar-refractivity contribution is 4.26. The van der Waals surface area contributed by atoms with Crippen LogP contribution < -0.4 is 5.34 Å². The molecule has 0 atom stereocenters. The van der Waals surface area contributed by atoms with Crippen molar-refractivity contribution in [2.45, 2.75) is 13.3 Å². The number of hydrogen-bond acceptors (Lipinski definition) is 1. The van der Waals surface area contributed by atoms with E-state index in [1.807, 2.05) is 0 Å². The molecule has 0 rings (SSSR count). The number of hydrogen-bond donors (Lipinski definition) is 0. The van der Waals surface area contributed by atoms with Gasteiger partial charge in [-0.2, -0.15) is 0 Å². The van der Waals surface area contributed by atoms with Gasteiger partial charge in [0.1, 0.15) is 8.96 Å². The van der Waals surface area contributed by atoms with E-state index in [9.17, 15) is 8.96 Å². The van der Waals surface area contributed by atoms with Gasteiger partial charge >= 0.3 is 0 Å². The Kier molecular flexibility index (Phi) is 2.94. The third-order valence-electron chi connectivity index (χ3n) is 0.393. The molecule has 0 spiro atoms. The first-order chi connectivity index (χ1) is 2.77. The van der Waals surface area contributed by atoms with Crippen molar-refractivity contribution in [3.8, 4) is 0 Å². The van der Waals surface area contributed by atoms with Gasteiger partial charge in [-0.25, -0.2) is 0 Å². The Bertz CT molecular complexity index is 30.0. The van der Waals surface area contributed by atoms with Crippen molar-refractivity contribution < 1.29 is 8.96 Å². The molecule has 3 heteroatoms. The summed E-state index contributed by atoms with van der Waals surface area (Å²) in [6.07, 6.45) is 0.507. The van der Waals surface area contributed by atoms with Crippen molar-refractivity contribution in [1.82, 2.24) is 5.34 Å². The van der Waals surface area contributed by atoms with Gasteiger partial charge < -0.3 is 0 Å². The van der Waals surface area contributed by atoms with Crippen LogP contribution in [0.15, 0.2) is 0 Å². The van der Waals surface area contributed by atoms with E-state index in [1.54, 1.807) is 6.92 Å². The second kappa shape index (κ2) is 3.03. The summed E-state index contributed by atoms with van der Waals surface area (Å²) in [5, 5.41) is -0.819. The Labute approximate surface area is 35.4 Å². The van der Waals surface area contributed by atoms with Gasteiger partial charge in [0.15, 0.2) is 0 Å². The zero-order valence-corrected chi connectivity index (χ0v) is 3.62. The molecule has 1 nitrogen and oxygen atoms in total. The van der Waals surface area contributed by atoms with Crippen molar-refractivity contribution in [3.05, 3.63) is 0 Å². The molecule has 0 aliphatic carbocycles. The Hall–Kier alpha value is -0.180. The summed E-state index contributed by atoms with van der Waals surface area (Å²) in [6, 6.07) is 0. The van der Waals surface area contributed by atoms with Gasteiger partial charge in [-0.15, -0.1) is 0 Å². The number of halogens is 2. The normalized spacial score (nSPS) is 10.0. The molecule has 0 aromatic rings. The lowest BCUT2D eigenvalue weighted by molar-refractivity contribution is -0.0381. The lowest BCUT2D eigenvalue weighted by Crippen LogP contribution is -2.06. The smallest absolute Gasteiger partial charge is 0.0595 e. The molecule has 1 radical (unpaired) electrons. The molecule has 0 aliphatic rings. The molecule has 0 N–H and O–H groups in total. The van der Waals surface area contributed by atoms with Crippen molar-refractivity contribution in [2.75, 3.05) is 6.54 Å². The van der Waals surface area contributed by atoms with E-state index >= 15 is 0 Å². The summed E-state index contributed by atoms with van der Waals surface area (Å²) in [4.78, 5) is 0. The average Bonchev–Trinajstić information content (AvgIpc) is 1.35. The van der Waals surface area contributed by atoms with E-state index < -0.39 is 5.34 Å². The average molecular weight is 95.1 g/mol. The van der Waals surface area contributed by atoms with Gasteiger partial charge in [0.25, 0.3) is 5.34 Å². The van der Waals surface area contributed by atoms with E-state index in [0.717, 1.165) is 0 Å². The SMILES string of the molecule is CCC[N+](F)F. The standard InChI is InChI=1S/C3H7F2N/c1-2-3-6(4)5/h2-3H2,1H3/q+1. The molecule has 0 unspecified atom stereocenters. The van der Waals surface area contributed by atoms with Gasteiger partial charge in [-0.05, 0) is 0 Å². The van der Waals surface area contributed by atoms with Gasteiger partial charge in [0.05, 0.1) is 0 Å². The third-order valence-corrected chi connectivity index (χ3v) is 0.393. The van der Waals surface area contributed by atoms with Gasteiger partial charge in [-0.3, -0.25) is 0 Å². The van der Waals surface area contributed by atoms with Crippen LogP contribution in [0.2, 0.25) is 0 Å². The minimum absolute atomic E-state index is 0.125. The number of nitrogens with zero attached hydrogens (tertiary/aromatic N) is 1. The highest BCUT2D eigenvalue weighted by Gasteiger charge is 2.09. The topological polar surface area (TPSA) is 5.90 Å². The zero-order chi connectivity index (χ0) is 4.99. The maximum atomic E-state index is 10.9. The Morgan fingerprint density at radius 2 is 2.00 bits per heavy atom. The first-order valence-corrected chi connectivity index (χ1v) is 1.86. The van der Waals surface area contributed by atoms with E-state index in [-0.39, 0.29) is 6.54 Å². The molecule has 0 aromatic heterocycles. The van der Waals surface area contributed by atoms with Crippen molar-refractivity contribution >= 4 is 0 Å². The number of rotatable bonds is 2. The maximum Gasteiger partial charge on any atom is 0.268 e. The van der Waals surface area contributed by atoms with Gasteiger partial charge in [0, 0.05) is 6.42 Å². The molecular weight excluding hydrogens is 88.0 g/mol. The van der Waals surface area contributed by atoms with Crippen LogP contribution in [0, 0.1) is 0 Å². The lowest BCUT2D eigenvalue weighted by atomic mass is 10.5. The minimum Gasteiger partial charge on any atom is -0.0595 e. The largest absolute Gasteiger partial charge is 0.268 e. The van der Waals surface area contributed by atoms with E-state index in [4.69, 9.17) is 0 Å². The summed E-state index contributed by atoms with van der Waals surface area (Å²) < 4.78 is 21.7. The Morgan fingerprint density at radius 1 is 1.50 bits per heavy atom. The van der Waals surface area contributed by atoms with Crippen molar-refractivity contribution in [2.24, 2.45) is 0 Å². The van der Waals surface area contributed by atoms with E-state index in [2.05, 4.69) is 0 Å². The molecule has 37 valence electrons. The van der Waals surface area contributed by atoms with Gasteiger partial charge in [0.2, 0.25) is 6.54 Å². The van der Waals surface area contributed by atoms with E-state index in [1.165, 1.54) is 0 Å². The van der Waals surface area contributed by atoms with Crippen LogP contribution in [0.4, 0.5) is 8.96 Å². The van der Waals surface area contributed by atoms with E-state index in [0.29, 0.717) is 6.42 Å². The van der Waals surface area contributed by atoms with Crippen LogP contribution in [0.1, 0.15) is 13.3 Å². The van der Waals surface area contributed by atoms with Crippen LogP contribution in [0.25, 0.3) is 0 Å². The fraction of sp³-hybridized carbons (Fsp3) is 1.00. The minimum atomic E-state index is -0.819. The third kappa shape index (κ3) is 3.82. The van der Waals surface area contributed by atoms with Crippen LogP contribution in [0.3, 0.4) is 0 Å². The molecule has 0 amide bonds. The van der Waals surface area contributed by atoms with Crippen LogP contribution in [-0.4, -0.2) is 6.54 Å². The first-order valence-electron chi connectivity index (χ1n) is 1.86. The molecule has 0 heterocycles. The molecule has 6 heavy (non-hydrogen) atoms. The quantitative estimate of drug-likeness (QED) is 0.456. The van der Waals surface area contributed by atoms with Gasteiger partial charge in [-0.1, -0.05) is 6.92 Å². The fourth-order valence-electron chi connectivity index (χ4n) is 0.169.